The van der Waals surface area contributed by atoms with Crippen LogP contribution in [0.25, 0.3) is 10.8 Å². The van der Waals surface area contributed by atoms with Gasteiger partial charge < -0.3 is 5.32 Å². The molecule has 86 valence electrons. The zero-order chi connectivity index (χ0) is 12.1. The highest BCUT2D eigenvalue weighted by atomic mass is 14.9. The van der Waals surface area contributed by atoms with E-state index in [9.17, 15) is 0 Å². The van der Waals surface area contributed by atoms with E-state index in [1.807, 2.05) is 6.92 Å². The highest BCUT2D eigenvalue weighted by molar-refractivity contribution is 5.85. The molecule has 2 aromatic rings. The third kappa shape index (κ3) is 2.83. The molecule has 0 saturated carbocycles. The Kier molecular flexibility index (Phi) is 3.74. The number of nitriles is 1. The molecule has 0 aliphatic heterocycles. The average Bonchev–Trinajstić information content (AvgIpc) is 2.39. The lowest BCUT2D eigenvalue weighted by molar-refractivity contribution is 0.603. The molecule has 0 aliphatic rings. The van der Waals surface area contributed by atoms with Gasteiger partial charge in [-0.3, -0.25) is 0 Å². The molecule has 0 fully saturated rings. The first-order valence-electron chi connectivity index (χ1n) is 5.88. The van der Waals surface area contributed by atoms with E-state index in [1.54, 1.807) is 0 Å². The minimum atomic E-state index is 0.0602. The maximum atomic E-state index is 8.71. The average molecular weight is 224 g/mol. The molecule has 1 unspecified atom stereocenters. The molecule has 1 N–H and O–H groups in total. The molecule has 2 rings (SSSR count). The van der Waals surface area contributed by atoms with Crippen molar-refractivity contribution in [3.63, 3.8) is 0 Å². The van der Waals surface area contributed by atoms with Crippen LogP contribution in [-0.2, 0) is 6.54 Å². The standard InChI is InChI=1S/C15H16N2/c1-12(9-16)10-17-11-14-7-4-6-13-5-2-3-8-15(13)14/h2-8,12,17H,10-11H2,1H3. The molecule has 0 aromatic heterocycles. The van der Waals surface area contributed by atoms with Crippen molar-refractivity contribution >= 4 is 10.8 Å². The molecule has 1 atom stereocenters. The van der Waals surface area contributed by atoms with Crippen molar-refractivity contribution in [3.05, 3.63) is 48.0 Å². The number of fused-ring (bicyclic) bond motifs is 1. The van der Waals surface area contributed by atoms with Crippen molar-refractivity contribution in [2.45, 2.75) is 13.5 Å². The van der Waals surface area contributed by atoms with Crippen LogP contribution < -0.4 is 5.32 Å². The molecule has 0 spiro atoms. The van der Waals surface area contributed by atoms with Crippen LogP contribution in [0, 0.1) is 17.2 Å². The van der Waals surface area contributed by atoms with Crippen molar-refractivity contribution in [1.82, 2.24) is 5.32 Å². The van der Waals surface area contributed by atoms with Gasteiger partial charge in [0.25, 0.3) is 0 Å². The van der Waals surface area contributed by atoms with Gasteiger partial charge in [0.05, 0.1) is 12.0 Å². The third-order valence-corrected chi connectivity index (χ3v) is 2.87. The summed E-state index contributed by atoms with van der Waals surface area (Å²) in [5.41, 5.74) is 1.29. The zero-order valence-electron chi connectivity index (χ0n) is 9.98. The molecular formula is C15H16N2. The second-order valence-corrected chi connectivity index (χ2v) is 4.30. The molecule has 0 saturated heterocycles. The fraction of sp³-hybridized carbons (Fsp3) is 0.267. The fourth-order valence-corrected chi connectivity index (χ4v) is 1.92. The molecule has 17 heavy (non-hydrogen) atoms. The van der Waals surface area contributed by atoms with E-state index in [0.29, 0.717) is 0 Å². The second-order valence-electron chi connectivity index (χ2n) is 4.30. The first-order chi connectivity index (χ1) is 8.31. The van der Waals surface area contributed by atoms with Crippen molar-refractivity contribution < 1.29 is 0 Å². The van der Waals surface area contributed by atoms with Crippen LogP contribution in [0.15, 0.2) is 42.5 Å². The van der Waals surface area contributed by atoms with Gasteiger partial charge in [0.1, 0.15) is 0 Å². The van der Waals surface area contributed by atoms with Gasteiger partial charge in [-0.2, -0.15) is 5.26 Å². The smallest absolute Gasteiger partial charge is 0.0666 e. The van der Waals surface area contributed by atoms with Gasteiger partial charge in [-0.1, -0.05) is 42.5 Å². The molecule has 2 aromatic carbocycles. The van der Waals surface area contributed by atoms with E-state index >= 15 is 0 Å². The maximum Gasteiger partial charge on any atom is 0.0666 e. The van der Waals surface area contributed by atoms with E-state index in [0.717, 1.165) is 13.1 Å². The summed E-state index contributed by atoms with van der Waals surface area (Å²) in [5.74, 6) is 0.0602. The molecule has 0 bridgehead atoms. The molecule has 2 nitrogen and oxygen atoms in total. The largest absolute Gasteiger partial charge is 0.311 e. The fourth-order valence-electron chi connectivity index (χ4n) is 1.92. The molecule has 0 radical (unpaired) electrons. The van der Waals surface area contributed by atoms with Gasteiger partial charge in [-0.05, 0) is 23.3 Å². The Labute approximate surface area is 102 Å². The summed E-state index contributed by atoms with van der Waals surface area (Å²) < 4.78 is 0. The third-order valence-electron chi connectivity index (χ3n) is 2.87. The van der Waals surface area contributed by atoms with Crippen LogP contribution in [0.5, 0.6) is 0 Å². The maximum absolute atomic E-state index is 8.71. The Morgan fingerprint density at radius 3 is 2.76 bits per heavy atom. The molecule has 2 heteroatoms. The van der Waals surface area contributed by atoms with Gasteiger partial charge in [0, 0.05) is 13.1 Å². The highest BCUT2D eigenvalue weighted by Crippen LogP contribution is 2.18. The minimum absolute atomic E-state index is 0.0602. The van der Waals surface area contributed by atoms with Gasteiger partial charge in [0.2, 0.25) is 0 Å². The first kappa shape index (κ1) is 11.6. The van der Waals surface area contributed by atoms with E-state index in [1.165, 1.54) is 16.3 Å². The lowest BCUT2D eigenvalue weighted by Crippen LogP contribution is -2.19. The summed E-state index contributed by atoms with van der Waals surface area (Å²) in [6.45, 7) is 3.48. The number of benzene rings is 2. The Morgan fingerprint density at radius 2 is 1.94 bits per heavy atom. The second kappa shape index (κ2) is 5.47. The van der Waals surface area contributed by atoms with Crippen molar-refractivity contribution in [3.8, 4) is 6.07 Å². The SMILES string of the molecule is CC(C#N)CNCc1cccc2ccccc12. The Bertz CT molecular complexity index is 535. The first-order valence-corrected chi connectivity index (χ1v) is 5.88. The van der Waals surface area contributed by atoms with E-state index in [2.05, 4.69) is 53.9 Å². The van der Waals surface area contributed by atoms with Crippen LogP contribution in [0.2, 0.25) is 0 Å². The van der Waals surface area contributed by atoms with E-state index in [-0.39, 0.29) is 5.92 Å². The normalized spacial score (nSPS) is 12.2. The van der Waals surface area contributed by atoms with Crippen LogP contribution in [0.4, 0.5) is 0 Å². The molecular weight excluding hydrogens is 208 g/mol. The lowest BCUT2D eigenvalue weighted by Gasteiger charge is -2.08. The predicted molar refractivity (Wildman–Crippen MR) is 70.4 cm³/mol. The van der Waals surface area contributed by atoms with Crippen molar-refractivity contribution in [2.24, 2.45) is 5.92 Å². The topological polar surface area (TPSA) is 35.8 Å². The predicted octanol–water partition coefficient (Wildman–Crippen LogP) is 3.09. The minimum Gasteiger partial charge on any atom is -0.311 e. The monoisotopic (exact) mass is 224 g/mol. The summed E-state index contributed by atoms with van der Waals surface area (Å²) >= 11 is 0. The van der Waals surface area contributed by atoms with Crippen LogP contribution in [0.3, 0.4) is 0 Å². The van der Waals surface area contributed by atoms with Crippen LogP contribution >= 0.6 is 0 Å². The molecule has 0 amide bonds. The summed E-state index contributed by atoms with van der Waals surface area (Å²) in [6.07, 6.45) is 0. The van der Waals surface area contributed by atoms with E-state index < -0.39 is 0 Å². The number of hydrogen-bond acceptors (Lipinski definition) is 2. The number of hydrogen-bond donors (Lipinski definition) is 1. The van der Waals surface area contributed by atoms with Crippen LogP contribution in [-0.4, -0.2) is 6.54 Å². The van der Waals surface area contributed by atoms with Crippen LogP contribution in [0.1, 0.15) is 12.5 Å². The van der Waals surface area contributed by atoms with Gasteiger partial charge in [-0.15, -0.1) is 0 Å². The Hall–Kier alpha value is -1.85. The molecule has 0 heterocycles. The zero-order valence-corrected chi connectivity index (χ0v) is 9.98. The summed E-state index contributed by atoms with van der Waals surface area (Å²) in [6, 6.07) is 16.9. The number of rotatable bonds is 4. The lowest BCUT2D eigenvalue weighted by atomic mass is 10.0. The summed E-state index contributed by atoms with van der Waals surface area (Å²) in [5, 5.41) is 14.6. The van der Waals surface area contributed by atoms with Gasteiger partial charge >= 0.3 is 0 Å². The summed E-state index contributed by atoms with van der Waals surface area (Å²) in [4.78, 5) is 0. The van der Waals surface area contributed by atoms with Gasteiger partial charge in [-0.25, -0.2) is 0 Å². The molecule has 0 aliphatic carbocycles. The van der Waals surface area contributed by atoms with E-state index in [4.69, 9.17) is 5.26 Å². The highest BCUT2D eigenvalue weighted by Gasteiger charge is 2.01. The van der Waals surface area contributed by atoms with Crippen molar-refractivity contribution in [2.75, 3.05) is 6.54 Å². The van der Waals surface area contributed by atoms with Crippen molar-refractivity contribution in [1.29, 1.82) is 5.26 Å². The summed E-state index contributed by atoms with van der Waals surface area (Å²) in [7, 11) is 0. The Morgan fingerprint density at radius 1 is 1.18 bits per heavy atom. The quantitative estimate of drug-likeness (QED) is 0.866. The number of nitrogens with one attached hydrogen (secondary N) is 1. The Balaban J connectivity index is 2.11. The van der Waals surface area contributed by atoms with Gasteiger partial charge in [0.15, 0.2) is 0 Å². The number of nitrogens with zero attached hydrogens (tertiary/aromatic N) is 1.